The van der Waals surface area contributed by atoms with E-state index in [1.165, 1.54) is 25.7 Å². The molecule has 0 spiro atoms. The SMILES string of the molecule is CCNC(c1csc(Br)c1)c1ccc(Br)c2ccccc12. The zero-order chi connectivity index (χ0) is 14.8. The Hall–Kier alpha value is -0.680. The molecule has 1 atom stereocenters. The lowest BCUT2D eigenvalue weighted by Gasteiger charge is -2.20. The molecular formula is C17H15Br2NS. The van der Waals surface area contributed by atoms with E-state index in [-0.39, 0.29) is 6.04 Å². The van der Waals surface area contributed by atoms with Gasteiger partial charge in [0.05, 0.1) is 9.83 Å². The van der Waals surface area contributed by atoms with E-state index in [2.05, 4.69) is 91.9 Å². The van der Waals surface area contributed by atoms with Gasteiger partial charge >= 0.3 is 0 Å². The van der Waals surface area contributed by atoms with Crippen molar-refractivity contribution in [1.82, 2.24) is 5.32 Å². The van der Waals surface area contributed by atoms with Gasteiger partial charge in [0, 0.05) is 4.47 Å². The van der Waals surface area contributed by atoms with Gasteiger partial charge in [-0.1, -0.05) is 53.2 Å². The summed E-state index contributed by atoms with van der Waals surface area (Å²) >= 11 is 8.95. The zero-order valence-corrected chi connectivity index (χ0v) is 15.6. The Kier molecular flexibility index (Phi) is 4.79. The summed E-state index contributed by atoms with van der Waals surface area (Å²) in [7, 11) is 0. The fraction of sp³-hybridized carbons (Fsp3) is 0.176. The summed E-state index contributed by atoms with van der Waals surface area (Å²) in [5.41, 5.74) is 2.63. The lowest BCUT2D eigenvalue weighted by molar-refractivity contribution is 0.636. The summed E-state index contributed by atoms with van der Waals surface area (Å²) < 4.78 is 2.31. The van der Waals surface area contributed by atoms with Crippen molar-refractivity contribution in [3.63, 3.8) is 0 Å². The van der Waals surface area contributed by atoms with Crippen molar-refractivity contribution in [3.8, 4) is 0 Å². The van der Waals surface area contributed by atoms with E-state index in [4.69, 9.17) is 0 Å². The Morgan fingerprint density at radius 3 is 2.52 bits per heavy atom. The minimum absolute atomic E-state index is 0.218. The van der Waals surface area contributed by atoms with Crippen LogP contribution < -0.4 is 5.32 Å². The van der Waals surface area contributed by atoms with Gasteiger partial charge < -0.3 is 5.32 Å². The minimum atomic E-state index is 0.218. The molecule has 3 aromatic rings. The molecule has 21 heavy (non-hydrogen) atoms. The van der Waals surface area contributed by atoms with Gasteiger partial charge in [-0.05, 0) is 61.9 Å². The van der Waals surface area contributed by atoms with Crippen LogP contribution in [0.5, 0.6) is 0 Å². The minimum Gasteiger partial charge on any atom is -0.306 e. The second kappa shape index (κ2) is 6.61. The molecule has 0 radical (unpaired) electrons. The summed E-state index contributed by atoms with van der Waals surface area (Å²) in [4.78, 5) is 0. The van der Waals surface area contributed by atoms with Crippen molar-refractivity contribution in [1.29, 1.82) is 0 Å². The van der Waals surface area contributed by atoms with Gasteiger partial charge in [0.15, 0.2) is 0 Å². The maximum absolute atomic E-state index is 3.65. The quantitative estimate of drug-likeness (QED) is 0.531. The average Bonchev–Trinajstić information content (AvgIpc) is 2.92. The van der Waals surface area contributed by atoms with E-state index in [1.807, 2.05) is 0 Å². The van der Waals surface area contributed by atoms with E-state index in [0.717, 1.165) is 11.0 Å². The number of hydrogen-bond donors (Lipinski definition) is 1. The number of thiophene rings is 1. The lowest BCUT2D eigenvalue weighted by Crippen LogP contribution is -2.21. The van der Waals surface area contributed by atoms with E-state index >= 15 is 0 Å². The molecule has 1 heterocycles. The summed E-state index contributed by atoms with van der Waals surface area (Å²) in [5, 5.41) is 8.38. The molecule has 4 heteroatoms. The van der Waals surface area contributed by atoms with E-state index in [0.29, 0.717) is 0 Å². The Morgan fingerprint density at radius 1 is 1.10 bits per heavy atom. The molecule has 0 aliphatic rings. The first kappa shape index (κ1) is 15.2. The molecule has 3 rings (SSSR count). The van der Waals surface area contributed by atoms with Crippen LogP contribution in [0.4, 0.5) is 0 Å². The van der Waals surface area contributed by atoms with Crippen molar-refractivity contribution in [2.24, 2.45) is 0 Å². The molecule has 0 fully saturated rings. The number of fused-ring (bicyclic) bond motifs is 1. The zero-order valence-electron chi connectivity index (χ0n) is 11.6. The predicted molar refractivity (Wildman–Crippen MR) is 99.2 cm³/mol. The summed E-state index contributed by atoms with van der Waals surface area (Å²) in [6.07, 6.45) is 0. The Bertz CT molecular complexity index is 766. The van der Waals surface area contributed by atoms with Crippen LogP contribution in [0, 0.1) is 0 Å². The third kappa shape index (κ3) is 3.09. The van der Waals surface area contributed by atoms with Crippen molar-refractivity contribution in [2.75, 3.05) is 6.54 Å². The predicted octanol–water partition coefficient (Wildman–Crippen LogP) is 6.13. The molecule has 1 aromatic heterocycles. The van der Waals surface area contributed by atoms with Crippen LogP contribution >= 0.6 is 43.2 Å². The summed E-state index contributed by atoms with van der Waals surface area (Å²) in [6.45, 7) is 3.08. The lowest BCUT2D eigenvalue weighted by atomic mass is 9.95. The summed E-state index contributed by atoms with van der Waals surface area (Å²) in [6, 6.07) is 15.3. The second-order valence-corrected chi connectivity index (χ2v) is 8.00. The number of benzene rings is 2. The molecule has 0 bridgehead atoms. The molecule has 108 valence electrons. The number of rotatable bonds is 4. The monoisotopic (exact) mass is 423 g/mol. The van der Waals surface area contributed by atoms with Crippen LogP contribution in [-0.2, 0) is 0 Å². The third-order valence-electron chi connectivity index (χ3n) is 3.54. The standard InChI is InChI=1S/C17H15Br2NS/c1-2-20-17(11-9-16(19)21-10-11)14-7-8-15(18)13-6-4-3-5-12(13)14/h3-10,17,20H,2H2,1H3. The molecular weight excluding hydrogens is 410 g/mol. The third-order valence-corrected chi connectivity index (χ3v) is 5.76. The first-order valence-corrected chi connectivity index (χ1v) is 9.31. The molecule has 0 saturated carbocycles. The van der Waals surface area contributed by atoms with Crippen LogP contribution in [0.25, 0.3) is 10.8 Å². The van der Waals surface area contributed by atoms with Gasteiger partial charge in [0.1, 0.15) is 0 Å². The van der Waals surface area contributed by atoms with E-state index < -0.39 is 0 Å². The van der Waals surface area contributed by atoms with Crippen molar-refractivity contribution < 1.29 is 0 Å². The molecule has 1 nitrogen and oxygen atoms in total. The normalized spacial score (nSPS) is 12.7. The van der Waals surface area contributed by atoms with Crippen molar-refractivity contribution in [3.05, 3.63) is 67.2 Å². The number of hydrogen-bond acceptors (Lipinski definition) is 2. The first-order valence-electron chi connectivity index (χ1n) is 6.85. The molecule has 0 aliphatic carbocycles. The highest BCUT2D eigenvalue weighted by Crippen LogP contribution is 2.35. The van der Waals surface area contributed by atoms with Gasteiger partial charge in [0.2, 0.25) is 0 Å². The van der Waals surface area contributed by atoms with Gasteiger partial charge in [-0.2, -0.15) is 0 Å². The van der Waals surface area contributed by atoms with Gasteiger partial charge in [-0.3, -0.25) is 0 Å². The van der Waals surface area contributed by atoms with Gasteiger partial charge in [0.25, 0.3) is 0 Å². The van der Waals surface area contributed by atoms with Crippen LogP contribution in [0.2, 0.25) is 0 Å². The summed E-state index contributed by atoms with van der Waals surface area (Å²) in [5.74, 6) is 0. The first-order chi connectivity index (χ1) is 10.2. The van der Waals surface area contributed by atoms with Gasteiger partial charge in [-0.25, -0.2) is 0 Å². The van der Waals surface area contributed by atoms with E-state index in [9.17, 15) is 0 Å². The largest absolute Gasteiger partial charge is 0.306 e. The molecule has 0 saturated heterocycles. The Morgan fingerprint density at radius 2 is 1.86 bits per heavy atom. The topological polar surface area (TPSA) is 12.0 Å². The van der Waals surface area contributed by atoms with Crippen molar-refractivity contribution >= 4 is 54.0 Å². The molecule has 1 N–H and O–H groups in total. The maximum atomic E-state index is 3.65. The average molecular weight is 425 g/mol. The molecule has 1 unspecified atom stereocenters. The van der Waals surface area contributed by atoms with Crippen LogP contribution in [0.3, 0.4) is 0 Å². The van der Waals surface area contributed by atoms with Crippen molar-refractivity contribution in [2.45, 2.75) is 13.0 Å². The maximum Gasteiger partial charge on any atom is 0.0701 e. The van der Waals surface area contributed by atoms with E-state index in [1.54, 1.807) is 11.3 Å². The smallest absolute Gasteiger partial charge is 0.0701 e. The van der Waals surface area contributed by atoms with Crippen LogP contribution in [0.15, 0.2) is 56.1 Å². The molecule has 0 aliphatic heterocycles. The van der Waals surface area contributed by atoms with Crippen LogP contribution in [-0.4, -0.2) is 6.54 Å². The highest BCUT2D eigenvalue weighted by Gasteiger charge is 2.17. The van der Waals surface area contributed by atoms with Gasteiger partial charge in [-0.15, -0.1) is 11.3 Å². The number of nitrogens with one attached hydrogen (secondary N) is 1. The Labute approximate surface area is 145 Å². The molecule has 2 aromatic carbocycles. The second-order valence-electron chi connectivity index (χ2n) is 4.86. The molecule has 0 amide bonds. The fourth-order valence-electron chi connectivity index (χ4n) is 2.62. The number of halogens is 2. The Balaban J connectivity index is 2.18. The van der Waals surface area contributed by atoms with Crippen LogP contribution in [0.1, 0.15) is 24.1 Å². The fourth-order valence-corrected chi connectivity index (χ4v) is 4.30. The highest BCUT2D eigenvalue weighted by molar-refractivity contribution is 9.11. The highest BCUT2D eigenvalue weighted by atomic mass is 79.9.